The van der Waals surface area contributed by atoms with Gasteiger partial charge in [-0.15, -0.1) is 0 Å². The van der Waals surface area contributed by atoms with Crippen molar-refractivity contribution in [3.05, 3.63) is 111 Å². The lowest BCUT2D eigenvalue weighted by molar-refractivity contribution is -0.00682. The molecule has 2 amide bonds. The van der Waals surface area contributed by atoms with E-state index in [0.717, 1.165) is 5.56 Å². The lowest BCUT2D eigenvalue weighted by Gasteiger charge is -2.38. The van der Waals surface area contributed by atoms with Gasteiger partial charge in [0.1, 0.15) is 11.9 Å². The van der Waals surface area contributed by atoms with Crippen LogP contribution in [0.15, 0.2) is 77.6 Å². The number of alkyl carbamates (subject to hydrolysis) is 1. The maximum absolute atomic E-state index is 14.5. The topological polar surface area (TPSA) is 104 Å². The summed E-state index contributed by atoms with van der Waals surface area (Å²) in [7, 11) is 0. The molecule has 0 atom stereocenters. The third kappa shape index (κ3) is 4.95. The van der Waals surface area contributed by atoms with Crippen molar-refractivity contribution in [2.45, 2.75) is 19.1 Å². The molecule has 1 aromatic heterocycles. The van der Waals surface area contributed by atoms with Crippen LogP contribution >= 0.6 is 0 Å². The monoisotopic (exact) mass is 486 g/mol. The zero-order valence-electron chi connectivity index (χ0n) is 19.2. The van der Waals surface area contributed by atoms with E-state index in [2.05, 4.69) is 15.5 Å². The first-order chi connectivity index (χ1) is 17.5. The molecule has 1 aliphatic rings. The fraction of sp³-hybridized carbons (Fsp3) is 0.185. The van der Waals surface area contributed by atoms with Crippen molar-refractivity contribution >= 4 is 22.8 Å². The lowest BCUT2D eigenvalue weighted by atomic mass is 10.0. The number of nitrogens with zero attached hydrogens (tertiary/aromatic N) is 2. The summed E-state index contributed by atoms with van der Waals surface area (Å²) >= 11 is 0. The highest BCUT2D eigenvalue weighted by atomic mass is 19.1. The number of aromatic nitrogens is 2. The predicted octanol–water partition coefficient (Wildman–Crippen LogP) is 3.40. The summed E-state index contributed by atoms with van der Waals surface area (Å²) in [5.74, 6) is -1.11. The maximum Gasteiger partial charge on any atom is 0.407 e. The van der Waals surface area contributed by atoms with Crippen LogP contribution in [0.4, 0.5) is 9.18 Å². The Balaban J connectivity index is 1.20. The number of carbonyl (C=O) groups is 2. The number of amides is 2. The third-order valence-electron chi connectivity index (χ3n) is 6.10. The molecule has 1 aliphatic heterocycles. The van der Waals surface area contributed by atoms with Crippen molar-refractivity contribution in [1.82, 2.24) is 20.4 Å². The second kappa shape index (κ2) is 9.99. The van der Waals surface area contributed by atoms with E-state index in [1.54, 1.807) is 24.3 Å². The van der Waals surface area contributed by atoms with Crippen LogP contribution in [0, 0.1) is 5.82 Å². The van der Waals surface area contributed by atoms with Crippen molar-refractivity contribution < 1.29 is 18.7 Å². The average Bonchev–Trinajstić information content (AvgIpc) is 2.88. The molecule has 182 valence electrons. The molecular formula is C27H23FN4O4. The first-order valence-corrected chi connectivity index (χ1v) is 11.5. The number of carbonyl (C=O) groups excluding carboxylic acids is 2. The zero-order valence-corrected chi connectivity index (χ0v) is 19.2. The van der Waals surface area contributed by atoms with Crippen molar-refractivity contribution in [2.75, 3.05) is 13.1 Å². The molecule has 36 heavy (non-hydrogen) atoms. The van der Waals surface area contributed by atoms with Crippen LogP contribution in [0.1, 0.15) is 27.2 Å². The molecular weight excluding hydrogens is 463 g/mol. The van der Waals surface area contributed by atoms with Gasteiger partial charge in [0.05, 0.1) is 29.7 Å². The van der Waals surface area contributed by atoms with Crippen molar-refractivity contribution in [3.8, 4) is 0 Å². The molecule has 0 spiro atoms. The van der Waals surface area contributed by atoms with E-state index in [1.807, 2.05) is 36.4 Å². The number of hydrogen-bond acceptors (Lipinski definition) is 5. The third-order valence-corrected chi connectivity index (χ3v) is 6.10. The minimum absolute atomic E-state index is 0.0618. The van der Waals surface area contributed by atoms with Gasteiger partial charge in [-0.1, -0.05) is 54.6 Å². The highest BCUT2D eigenvalue weighted by molar-refractivity contribution is 5.95. The van der Waals surface area contributed by atoms with Crippen LogP contribution < -0.4 is 10.9 Å². The zero-order chi connectivity index (χ0) is 25.1. The van der Waals surface area contributed by atoms with Gasteiger partial charge in [0.2, 0.25) is 0 Å². The van der Waals surface area contributed by atoms with E-state index in [0.29, 0.717) is 35.0 Å². The molecule has 4 aromatic rings. The van der Waals surface area contributed by atoms with Gasteiger partial charge in [0.15, 0.2) is 0 Å². The number of hydrogen-bond donors (Lipinski definition) is 2. The van der Waals surface area contributed by atoms with Gasteiger partial charge in [0, 0.05) is 18.4 Å². The van der Waals surface area contributed by atoms with Gasteiger partial charge in [-0.05, 0) is 29.3 Å². The molecule has 0 bridgehead atoms. The number of likely N-dealkylation sites (tertiary alicyclic amines) is 1. The minimum Gasteiger partial charge on any atom is -0.442 e. The van der Waals surface area contributed by atoms with Crippen molar-refractivity contribution in [3.63, 3.8) is 0 Å². The Hall–Kier alpha value is -4.53. The van der Waals surface area contributed by atoms with E-state index in [9.17, 15) is 18.8 Å². The first kappa shape index (κ1) is 23.2. The predicted molar refractivity (Wildman–Crippen MR) is 131 cm³/mol. The lowest BCUT2D eigenvalue weighted by Crippen LogP contribution is -2.56. The highest BCUT2D eigenvalue weighted by Crippen LogP contribution is 2.22. The van der Waals surface area contributed by atoms with E-state index in [1.165, 1.54) is 17.0 Å². The number of halogens is 1. The number of fused-ring (bicyclic) bond motifs is 1. The molecule has 0 saturated carbocycles. The van der Waals surface area contributed by atoms with Crippen LogP contribution in [-0.2, 0) is 17.7 Å². The highest BCUT2D eigenvalue weighted by Gasteiger charge is 2.35. The van der Waals surface area contributed by atoms with Crippen LogP contribution in [0.25, 0.3) is 10.8 Å². The van der Waals surface area contributed by atoms with E-state index in [4.69, 9.17) is 4.74 Å². The maximum atomic E-state index is 14.5. The largest absolute Gasteiger partial charge is 0.442 e. The SMILES string of the molecule is O=C(NCc1ccccc1)OC1CN(C(=O)c2cc(Cc3n[nH]c(=O)c4ccccc34)ccc2F)C1. The molecule has 0 aliphatic carbocycles. The molecule has 1 fully saturated rings. The minimum atomic E-state index is -0.631. The fourth-order valence-electron chi connectivity index (χ4n) is 4.16. The Bertz CT molecular complexity index is 1480. The van der Waals surface area contributed by atoms with Crippen LogP contribution in [-0.4, -0.2) is 46.3 Å². The summed E-state index contributed by atoms with van der Waals surface area (Å²) in [5, 5.41) is 10.5. The van der Waals surface area contributed by atoms with Gasteiger partial charge in [0.25, 0.3) is 11.5 Å². The first-order valence-electron chi connectivity index (χ1n) is 11.5. The number of aromatic amines is 1. The summed E-state index contributed by atoms with van der Waals surface area (Å²) in [5.41, 5.74) is 1.90. The molecule has 0 unspecified atom stereocenters. The fourth-order valence-corrected chi connectivity index (χ4v) is 4.16. The van der Waals surface area contributed by atoms with Crippen LogP contribution in [0.3, 0.4) is 0 Å². The number of rotatable bonds is 6. The molecule has 2 heterocycles. The smallest absolute Gasteiger partial charge is 0.407 e. The quantitative estimate of drug-likeness (QED) is 0.435. The normalized spacial score (nSPS) is 13.3. The van der Waals surface area contributed by atoms with E-state index < -0.39 is 23.9 Å². The Labute approximate surface area is 205 Å². The molecule has 9 heteroatoms. The standard InChI is InChI=1S/C27H23FN4O4/c28-23-11-10-18(13-24-20-8-4-5-9-21(20)25(33)31-30-24)12-22(23)26(34)32-15-19(16-32)36-27(35)29-14-17-6-2-1-3-7-17/h1-12,19H,13-16H2,(H,29,35)(H,31,33). The Morgan fingerprint density at radius 1 is 1.00 bits per heavy atom. The Morgan fingerprint density at radius 2 is 1.72 bits per heavy atom. The number of benzene rings is 3. The summed E-state index contributed by atoms with van der Waals surface area (Å²) < 4.78 is 19.9. The van der Waals surface area contributed by atoms with Crippen LogP contribution in [0.5, 0.6) is 0 Å². The van der Waals surface area contributed by atoms with Gasteiger partial charge in [-0.25, -0.2) is 14.3 Å². The second-order valence-corrected chi connectivity index (χ2v) is 8.61. The van der Waals surface area contributed by atoms with Crippen LogP contribution in [0.2, 0.25) is 0 Å². The molecule has 2 N–H and O–H groups in total. The summed E-state index contributed by atoms with van der Waals surface area (Å²) in [6.45, 7) is 0.716. The summed E-state index contributed by atoms with van der Waals surface area (Å²) in [6.07, 6.45) is -0.706. The molecule has 5 rings (SSSR count). The number of nitrogens with one attached hydrogen (secondary N) is 2. The second-order valence-electron chi connectivity index (χ2n) is 8.61. The summed E-state index contributed by atoms with van der Waals surface area (Å²) in [4.78, 5) is 38.4. The number of ether oxygens (including phenoxy) is 1. The molecule has 1 saturated heterocycles. The van der Waals surface area contributed by atoms with Gasteiger partial charge >= 0.3 is 6.09 Å². The summed E-state index contributed by atoms with van der Waals surface area (Å²) in [6, 6.07) is 20.9. The van der Waals surface area contributed by atoms with Crippen molar-refractivity contribution in [2.24, 2.45) is 0 Å². The molecule has 8 nitrogen and oxygen atoms in total. The molecule has 3 aromatic carbocycles. The van der Waals surface area contributed by atoms with Crippen molar-refractivity contribution in [1.29, 1.82) is 0 Å². The Morgan fingerprint density at radius 3 is 2.50 bits per heavy atom. The Kier molecular flexibility index (Phi) is 6.44. The molecule has 0 radical (unpaired) electrons. The van der Waals surface area contributed by atoms with E-state index in [-0.39, 0.29) is 24.2 Å². The van der Waals surface area contributed by atoms with Gasteiger partial charge < -0.3 is 15.0 Å². The van der Waals surface area contributed by atoms with E-state index >= 15 is 0 Å². The number of H-pyrrole nitrogens is 1. The van der Waals surface area contributed by atoms with Gasteiger partial charge in [-0.2, -0.15) is 5.10 Å². The van der Waals surface area contributed by atoms with Gasteiger partial charge in [-0.3, -0.25) is 9.59 Å². The average molecular weight is 487 g/mol.